The third-order valence-electron chi connectivity index (χ3n) is 3.56. The minimum atomic E-state index is -2.92. The highest BCUT2D eigenvalue weighted by atomic mass is 35.5. The molecule has 0 bridgehead atoms. The smallest absolute Gasteiger partial charge is 0.216 e. The lowest BCUT2D eigenvalue weighted by Gasteiger charge is -2.31. The summed E-state index contributed by atoms with van der Waals surface area (Å²) in [6.45, 7) is 5.60. The molecule has 0 unspecified atom stereocenters. The molecule has 1 heterocycles. The molecule has 0 aromatic carbocycles. The molecule has 0 aromatic rings. The maximum Gasteiger partial charge on any atom is 0.216 e. The van der Waals surface area contributed by atoms with Crippen LogP contribution in [0.4, 0.5) is 0 Å². The van der Waals surface area contributed by atoms with Crippen molar-refractivity contribution in [3.63, 3.8) is 0 Å². The number of sulfonamides is 1. The van der Waals surface area contributed by atoms with Crippen LogP contribution in [0.2, 0.25) is 0 Å². The van der Waals surface area contributed by atoms with Crippen molar-refractivity contribution in [3.8, 4) is 0 Å². The summed E-state index contributed by atoms with van der Waals surface area (Å²) in [5.41, 5.74) is 0. The molecule has 102 valence electrons. The average Bonchev–Trinajstić information content (AvgIpc) is 3.11. The van der Waals surface area contributed by atoms with Crippen LogP contribution in [-0.4, -0.2) is 44.2 Å². The summed E-state index contributed by atoms with van der Waals surface area (Å²) in [7, 11) is -2.92. The second-order valence-corrected chi connectivity index (χ2v) is 7.11. The lowest BCUT2D eigenvalue weighted by Crippen LogP contribution is -2.42. The summed E-state index contributed by atoms with van der Waals surface area (Å²) in [6, 6.07) is 0. The van der Waals surface area contributed by atoms with E-state index in [0.29, 0.717) is 5.92 Å². The van der Waals surface area contributed by atoms with E-state index in [1.807, 2.05) is 0 Å². The van der Waals surface area contributed by atoms with Gasteiger partial charge in [-0.25, -0.2) is 12.7 Å². The zero-order valence-corrected chi connectivity index (χ0v) is 12.0. The number of rotatable bonds is 5. The van der Waals surface area contributed by atoms with E-state index in [4.69, 9.17) is 0 Å². The average molecular weight is 283 g/mol. The lowest BCUT2D eigenvalue weighted by atomic mass is 9.98. The van der Waals surface area contributed by atoms with Crippen LogP contribution in [0.15, 0.2) is 0 Å². The van der Waals surface area contributed by atoms with Crippen molar-refractivity contribution >= 4 is 22.4 Å². The van der Waals surface area contributed by atoms with Gasteiger partial charge in [0, 0.05) is 13.1 Å². The molecule has 4 nitrogen and oxygen atoms in total. The molecule has 2 rings (SSSR count). The van der Waals surface area contributed by atoms with Gasteiger partial charge in [-0.1, -0.05) is 6.92 Å². The summed E-state index contributed by atoms with van der Waals surface area (Å²) in [5.74, 6) is 0.658. The lowest BCUT2D eigenvalue weighted by molar-refractivity contribution is 0.268. The fourth-order valence-corrected chi connectivity index (χ4v) is 4.17. The largest absolute Gasteiger partial charge is 0.317 e. The molecule has 0 aromatic heterocycles. The number of halogens is 1. The van der Waals surface area contributed by atoms with E-state index >= 15 is 0 Å². The molecule has 1 aliphatic heterocycles. The van der Waals surface area contributed by atoms with Gasteiger partial charge >= 0.3 is 0 Å². The molecule has 0 amide bonds. The molecule has 17 heavy (non-hydrogen) atoms. The maximum absolute atomic E-state index is 12.0. The summed E-state index contributed by atoms with van der Waals surface area (Å²) >= 11 is 0. The number of hydrogen-bond donors (Lipinski definition) is 1. The van der Waals surface area contributed by atoms with Gasteiger partial charge in [0.2, 0.25) is 10.0 Å². The molecule has 1 saturated carbocycles. The molecular weight excluding hydrogens is 260 g/mol. The van der Waals surface area contributed by atoms with Crippen LogP contribution in [0.25, 0.3) is 0 Å². The second kappa shape index (κ2) is 6.36. The molecule has 1 saturated heterocycles. The highest BCUT2D eigenvalue weighted by Gasteiger charge is 2.40. The first kappa shape index (κ1) is 15.2. The van der Waals surface area contributed by atoms with Crippen molar-refractivity contribution in [1.29, 1.82) is 0 Å². The van der Waals surface area contributed by atoms with Crippen LogP contribution in [-0.2, 0) is 10.0 Å². The van der Waals surface area contributed by atoms with Gasteiger partial charge in [-0.05, 0) is 44.7 Å². The first-order valence-corrected chi connectivity index (χ1v) is 7.84. The Morgan fingerprint density at radius 2 is 1.76 bits per heavy atom. The normalized spacial score (nSPS) is 23.4. The fraction of sp³-hybridized carbons (Fsp3) is 1.00. The van der Waals surface area contributed by atoms with E-state index < -0.39 is 10.0 Å². The van der Waals surface area contributed by atoms with Crippen molar-refractivity contribution in [2.24, 2.45) is 5.92 Å². The van der Waals surface area contributed by atoms with Gasteiger partial charge in [0.15, 0.2) is 0 Å². The number of hydrogen-bond acceptors (Lipinski definition) is 3. The van der Waals surface area contributed by atoms with E-state index in [0.717, 1.165) is 51.9 Å². The Balaban J connectivity index is 0.00000144. The Kier molecular flexibility index (Phi) is 5.70. The maximum atomic E-state index is 12.0. The fourth-order valence-electron chi connectivity index (χ4n) is 2.29. The first-order valence-electron chi connectivity index (χ1n) is 6.34. The Morgan fingerprint density at radius 3 is 2.24 bits per heavy atom. The molecule has 0 radical (unpaired) electrons. The summed E-state index contributed by atoms with van der Waals surface area (Å²) < 4.78 is 25.7. The van der Waals surface area contributed by atoms with Crippen LogP contribution in [0.3, 0.4) is 0 Å². The minimum absolute atomic E-state index is 0. The zero-order chi connectivity index (χ0) is 11.6. The third kappa shape index (κ3) is 3.81. The minimum Gasteiger partial charge on any atom is -0.317 e. The Labute approximate surface area is 111 Å². The summed E-state index contributed by atoms with van der Waals surface area (Å²) in [4.78, 5) is 0. The standard InChI is InChI=1S/C11H22N2O2S.ClH/c1-2-12-9-10-5-7-13(8-6-10)16(14,15)11-3-4-11;/h10-12H,2-9H2,1H3;1H. The highest BCUT2D eigenvalue weighted by Crippen LogP contribution is 2.32. The zero-order valence-electron chi connectivity index (χ0n) is 10.4. The first-order chi connectivity index (χ1) is 7.64. The monoisotopic (exact) mass is 282 g/mol. The molecule has 2 aliphatic rings. The van der Waals surface area contributed by atoms with Crippen molar-refractivity contribution in [2.45, 2.75) is 37.9 Å². The van der Waals surface area contributed by atoms with Crippen molar-refractivity contribution in [2.75, 3.05) is 26.2 Å². The van der Waals surface area contributed by atoms with Gasteiger partial charge in [-0.2, -0.15) is 0 Å². The molecule has 0 spiro atoms. The number of nitrogens with zero attached hydrogens (tertiary/aromatic N) is 1. The summed E-state index contributed by atoms with van der Waals surface area (Å²) in [5, 5.41) is 3.29. The number of nitrogens with one attached hydrogen (secondary N) is 1. The van der Waals surface area contributed by atoms with Crippen LogP contribution in [0.1, 0.15) is 32.6 Å². The summed E-state index contributed by atoms with van der Waals surface area (Å²) in [6.07, 6.45) is 3.78. The Bertz CT molecular complexity index is 322. The van der Waals surface area contributed by atoms with E-state index in [9.17, 15) is 8.42 Å². The molecule has 1 aliphatic carbocycles. The quantitative estimate of drug-likeness (QED) is 0.825. The van der Waals surface area contributed by atoms with Crippen LogP contribution in [0, 0.1) is 5.92 Å². The van der Waals surface area contributed by atoms with Gasteiger partial charge in [0.05, 0.1) is 5.25 Å². The van der Waals surface area contributed by atoms with Crippen molar-refractivity contribution in [1.82, 2.24) is 9.62 Å². The van der Waals surface area contributed by atoms with Gasteiger partial charge in [0.1, 0.15) is 0 Å². The topological polar surface area (TPSA) is 49.4 Å². The van der Waals surface area contributed by atoms with Gasteiger partial charge in [0.25, 0.3) is 0 Å². The predicted octanol–water partition coefficient (Wildman–Crippen LogP) is 1.22. The molecule has 6 heteroatoms. The van der Waals surface area contributed by atoms with Crippen LogP contribution >= 0.6 is 12.4 Å². The Morgan fingerprint density at radius 1 is 1.18 bits per heavy atom. The van der Waals surface area contributed by atoms with Gasteiger partial charge in [-0.3, -0.25) is 0 Å². The van der Waals surface area contributed by atoms with Crippen LogP contribution < -0.4 is 5.32 Å². The van der Waals surface area contributed by atoms with Crippen LogP contribution in [0.5, 0.6) is 0 Å². The third-order valence-corrected chi connectivity index (χ3v) is 5.96. The predicted molar refractivity (Wildman–Crippen MR) is 72.0 cm³/mol. The highest BCUT2D eigenvalue weighted by molar-refractivity contribution is 7.90. The molecule has 0 atom stereocenters. The van der Waals surface area contributed by atoms with Gasteiger partial charge < -0.3 is 5.32 Å². The number of piperidine rings is 1. The molecule has 1 N–H and O–H groups in total. The molecular formula is C11H23ClN2O2S. The van der Waals surface area contributed by atoms with Crippen molar-refractivity contribution in [3.05, 3.63) is 0 Å². The molecule has 2 fully saturated rings. The van der Waals surface area contributed by atoms with Crippen molar-refractivity contribution < 1.29 is 8.42 Å². The van der Waals surface area contributed by atoms with Gasteiger partial charge in [-0.15, -0.1) is 12.4 Å². The van der Waals surface area contributed by atoms with E-state index in [2.05, 4.69) is 12.2 Å². The van der Waals surface area contributed by atoms with E-state index in [1.165, 1.54) is 0 Å². The second-order valence-electron chi connectivity index (χ2n) is 4.89. The SMILES string of the molecule is CCNCC1CCN(S(=O)(=O)C2CC2)CC1.Cl. The Hall–Kier alpha value is 0.160. The van der Waals surface area contributed by atoms with E-state index in [-0.39, 0.29) is 17.7 Å². The van der Waals surface area contributed by atoms with E-state index in [1.54, 1.807) is 4.31 Å².